The summed E-state index contributed by atoms with van der Waals surface area (Å²) in [6.45, 7) is -0.390. The zero-order chi connectivity index (χ0) is 20.1. The monoisotopic (exact) mass is 390 g/mol. The van der Waals surface area contributed by atoms with E-state index in [2.05, 4.69) is 20.8 Å². The number of rotatable bonds is 4. The van der Waals surface area contributed by atoms with Gasteiger partial charge in [-0.1, -0.05) is 0 Å². The van der Waals surface area contributed by atoms with Gasteiger partial charge in [-0.3, -0.25) is 30.4 Å². The number of nitrogens with one attached hydrogen (secondary N) is 2. The molecule has 0 aliphatic carbocycles. The van der Waals surface area contributed by atoms with Crippen molar-refractivity contribution in [3.63, 3.8) is 0 Å². The number of aromatic nitrogens is 2. The lowest BCUT2D eigenvalue weighted by atomic mass is 10.1. The van der Waals surface area contributed by atoms with Gasteiger partial charge in [0, 0.05) is 24.0 Å². The van der Waals surface area contributed by atoms with Crippen LogP contribution in [0.25, 0.3) is 11.0 Å². The summed E-state index contributed by atoms with van der Waals surface area (Å²) in [5, 5.41) is 0. The summed E-state index contributed by atoms with van der Waals surface area (Å²) in [5.74, 6) is -1.03. The summed E-state index contributed by atoms with van der Waals surface area (Å²) in [6, 6.07) is 8.49. The molecule has 7 nitrogen and oxygen atoms in total. The Bertz CT molecular complexity index is 1010. The normalized spacial score (nSPS) is 11.1. The van der Waals surface area contributed by atoms with Gasteiger partial charge in [0.25, 0.3) is 11.8 Å². The van der Waals surface area contributed by atoms with Crippen LogP contribution in [0.5, 0.6) is 5.75 Å². The Morgan fingerprint density at radius 3 is 2.29 bits per heavy atom. The van der Waals surface area contributed by atoms with Crippen LogP contribution < -0.4 is 15.6 Å². The van der Waals surface area contributed by atoms with Crippen LogP contribution in [0.15, 0.2) is 54.9 Å². The molecule has 1 heterocycles. The number of carbonyl (C=O) groups excluding carboxylic acids is 2. The van der Waals surface area contributed by atoms with Gasteiger partial charge in [-0.2, -0.15) is 13.2 Å². The van der Waals surface area contributed by atoms with Crippen molar-refractivity contribution in [2.75, 3.05) is 6.61 Å². The minimum absolute atomic E-state index is 0.0395. The second-order valence-electron chi connectivity index (χ2n) is 5.57. The number of nitrogens with zero attached hydrogens (tertiary/aromatic N) is 2. The highest BCUT2D eigenvalue weighted by atomic mass is 19.4. The molecule has 28 heavy (non-hydrogen) atoms. The highest BCUT2D eigenvalue weighted by molar-refractivity contribution is 5.95. The minimum Gasteiger partial charge on any atom is -0.484 e. The summed E-state index contributed by atoms with van der Waals surface area (Å²) in [7, 11) is 0. The molecule has 0 radical (unpaired) electrons. The molecule has 10 heteroatoms. The molecule has 0 aliphatic rings. The number of halogens is 3. The third-order valence-corrected chi connectivity index (χ3v) is 3.60. The van der Waals surface area contributed by atoms with E-state index in [0.29, 0.717) is 16.8 Å². The molecule has 144 valence electrons. The lowest BCUT2D eigenvalue weighted by molar-refractivity contribution is -0.137. The molecule has 2 amide bonds. The van der Waals surface area contributed by atoms with Gasteiger partial charge in [-0.05, 0) is 36.4 Å². The number of alkyl halides is 3. The number of fused-ring (bicyclic) bond motifs is 1. The first kappa shape index (κ1) is 19.1. The second kappa shape index (κ2) is 7.91. The maximum Gasteiger partial charge on any atom is 0.416 e. The molecule has 0 saturated heterocycles. The number of benzene rings is 2. The molecule has 0 atom stereocenters. The Kier molecular flexibility index (Phi) is 5.39. The van der Waals surface area contributed by atoms with Crippen molar-refractivity contribution in [3.05, 3.63) is 66.0 Å². The van der Waals surface area contributed by atoms with Crippen LogP contribution in [-0.4, -0.2) is 28.4 Å². The quantitative estimate of drug-likeness (QED) is 0.668. The molecule has 2 aromatic carbocycles. The zero-order valence-electron chi connectivity index (χ0n) is 14.2. The van der Waals surface area contributed by atoms with E-state index < -0.39 is 23.6 Å². The van der Waals surface area contributed by atoms with E-state index in [1.807, 2.05) is 0 Å². The molecule has 0 aliphatic heterocycles. The number of amides is 2. The van der Waals surface area contributed by atoms with Crippen molar-refractivity contribution in [2.45, 2.75) is 6.18 Å². The summed E-state index contributed by atoms with van der Waals surface area (Å²) >= 11 is 0. The Hall–Kier alpha value is -3.69. The number of ether oxygens (including phenoxy) is 1. The SMILES string of the molecule is O=C(COc1ccc2nccnc2c1)NNC(=O)c1ccc(C(F)(F)F)cc1. The lowest BCUT2D eigenvalue weighted by Crippen LogP contribution is -2.43. The van der Waals surface area contributed by atoms with Gasteiger partial charge in [0.1, 0.15) is 5.75 Å². The average Bonchev–Trinajstić information content (AvgIpc) is 2.69. The first-order valence-corrected chi connectivity index (χ1v) is 7.93. The molecule has 0 unspecified atom stereocenters. The van der Waals surface area contributed by atoms with Crippen molar-refractivity contribution >= 4 is 22.8 Å². The second-order valence-corrected chi connectivity index (χ2v) is 5.57. The predicted molar refractivity (Wildman–Crippen MR) is 92.1 cm³/mol. The number of carbonyl (C=O) groups is 2. The van der Waals surface area contributed by atoms with Crippen LogP contribution in [0, 0.1) is 0 Å². The number of hydrogen-bond donors (Lipinski definition) is 2. The lowest BCUT2D eigenvalue weighted by Gasteiger charge is -2.10. The molecule has 1 aromatic heterocycles. The number of hydrazine groups is 1. The Balaban J connectivity index is 1.50. The van der Waals surface area contributed by atoms with E-state index in [9.17, 15) is 22.8 Å². The molecule has 3 aromatic rings. The highest BCUT2D eigenvalue weighted by Crippen LogP contribution is 2.29. The van der Waals surface area contributed by atoms with E-state index in [1.165, 1.54) is 6.20 Å². The summed E-state index contributed by atoms with van der Waals surface area (Å²) < 4.78 is 42.8. The van der Waals surface area contributed by atoms with Crippen LogP contribution in [0.4, 0.5) is 13.2 Å². The Morgan fingerprint density at radius 2 is 1.61 bits per heavy atom. The van der Waals surface area contributed by atoms with Crippen molar-refractivity contribution in [1.82, 2.24) is 20.8 Å². The first-order valence-electron chi connectivity index (χ1n) is 7.93. The van der Waals surface area contributed by atoms with Gasteiger partial charge in [0.2, 0.25) is 0 Å². The standard InChI is InChI=1S/C18H13F3N4O3/c19-18(20,21)12-3-1-11(2-4-12)17(27)25-24-16(26)10-28-13-5-6-14-15(9-13)23-8-7-22-14/h1-9H,10H2,(H,24,26)(H,25,27). The summed E-state index contributed by atoms with van der Waals surface area (Å²) in [5.41, 5.74) is 4.57. The van der Waals surface area contributed by atoms with Gasteiger partial charge in [0.15, 0.2) is 6.61 Å². The van der Waals surface area contributed by atoms with Crippen LogP contribution in [0.1, 0.15) is 15.9 Å². The van der Waals surface area contributed by atoms with Crippen LogP contribution in [0.3, 0.4) is 0 Å². The van der Waals surface area contributed by atoms with E-state index in [-0.39, 0.29) is 12.2 Å². The van der Waals surface area contributed by atoms with Gasteiger partial charge >= 0.3 is 6.18 Å². The van der Waals surface area contributed by atoms with Gasteiger partial charge in [-0.25, -0.2) is 0 Å². The number of hydrogen-bond acceptors (Lipinski definition) is 5. The minimum atomic E-state index is -4.49. The van der Waals surface area contributed by atoms with E-state index in [1.54, 1.807) is 24.4 Å². The largest absolute Gasteiger partial charge is 0.484 e. The molecule has 0 spiro atoms. The molecule has 0 saturated carbocycles. The molecule has 3 rings (SSSR count). The molecule has 0 bridgehead atoms. The van der Waals surface area contributed by atoms with Gasteiger partial charge in [0.05, 0.1) is 16.6 Å². The maximum absolute atomic E-state index is 12.5. The summed E-state index contributed by atoms with van der Waals surface area (Å²) in [6.07, 6.45) is -1.42. The third kappa shape index (κ3) is 4.72. The maximum atomic E-state index is 12.5. The van der Waals surface area contributed by atoms with Crippen molar-refractivity contribution < 1.29 is 27.5 Å². The Labute approximate surface area is 156 Å². The van der Waals surface area contributed by atoms with Gasteiger partial charge < -0.3 is 4.74 Å². The smallest absolute Gasteiger partial charge is 0.416 e. The van der Waals surface area contributed by atoms with Crippen molar-refractivity contribution in [3.8, 4) is 5.75 Å². The average molecular weight is 390 g/mol. The van der Waals surface area contributed by atoms with Gasteiger partial charge in [-0.15, -0.1) is 0 Å². The van der Waals surface area contributed by atoms with Crippen LogP contribution in [-0.2, 0) is 11.0 Å². The molecule has 0 fully saturated rings. The Morgan fingerprint density at radius 1 is 0.929 bits per heavy atom. The van der Waals surface area contributed by atoms with E-state index >= 15 is 0 Å². The van der Waals surface area contributed by atoms with Crippen molar-refractivity contribution in [1.29, 1.82) is 0 Å². The zero-order valence-corrected chi connectivity index (χ0v) is 14.2. The van der Waals surface area contributed by atoms with E-state index in [4.69, 9.17) is 4.74 Å². The third-order valence-electron chi connectivity index (χ3n) is 3.60. The molecular weight excluding hydrogens is 377 g/mol. The van der Waals surface area contributed by atoms with Crippen molar-refractivity contribution in [2.24, 2.45) is 0 Å². The first-order chi connectivity index (χ1) is 13.3. The fourth-order valence-electron chi connectivity index (χ4n) is 2.23. The molecular formula is C18H13F3N4O3. The molecule has 2 N–H and O–H groups in total. The van der Waals surface area contributed by atoms with Crippen LogP contribution >= 0.6 is 0 Å². The fraction of sp³-hybridized carbons (Fsp3) is 0.111. The summed E-state index contributed by atoms with van der Waals surface area (Å²) in [4.78, 5) is 31.9. The fourth-order valence-corrected chi connectivity index (χ4v) is 2.23. The predicted octanol–water partition coefficient (Wildman–Crippen LogP) is 2.49. The van der Waals surface area contributed by atoms with E-state index in [0.717, 1.165) is 24.3 Å². The highest BCUT2D eigenvalue weighted by Gasteiger charge is 2.30. The van der Waals surface area contributed by atoms with Crippen LogP contribution in [0.2, 0.25) is 0 Å². The topological polar surface area (TPSA) is 93.2 Å².